The molecule has 0 aliphatic heterocycles. The zero-order valence-electron chi connectivity index (χ0n) is 13.8. The van der Waals surface area contributed by atoms with Crippen LogP contribution in [-0.4, -0.2) is 28.7 Å². The van der Waals surface area contributed by atoms with Gasteiger partial charge in [-0.15, -0.1) is 0 Å². The van der Waals surface area contributed by atoms with Gasteiger partial charge >= 0.3 is 0 Å². The van der Waals surface area contributed by atoms with Gasteiger partial charge in [0.05, 0.1) is 40.1 Å². The quantitative estimate of drug-likeness (QED) is 0.402. The highest BCUT2D eigenvalue weighted by molar-refractivity contribution is 7.99. The van der Waals surface area contributed by atoms with Crippen molar-refractivity contribution in [1.29, 1.82) is 0 Å². The molecule has 8 heteroatoms. The van der Waals surface area contributed by atoms with E-state index < -0.39 is 4.92 Å². The van der Waals surface area contributed by atoms with Gasteiger partial charge in [-0.3, -0.25) is 14.9 Å². The lowest BCUT2D eigenvalue weighted by atomic mass is 10.2. The van der Waals surface area contributed by atoms with E-state index in [1.54, 1.807) is 0 Å². The van der Waals surface area contributed by atoms with Crippen molar-refractivity contribution in [2.75, 3.05) is 18.2 Å². The number of hydrogen-bond acceptors (Lipinski definition) is 6. The van der Waals surface area contributed by atoms with Crippen molar-refractivity contribution in [2.45, 2.75) is 5.03 Å². The van der Waals surface area contributed by atoms with E-state index in [4.69, 9.17) is 4.74 Å². The molecule has 2 aromatic carbocycles. The number of hydrogen-bond donors (Lipinski definition) is 1. The number of carbonyl (C=O) groups is 1. The van der Waals surface area contributed by atoms with Crippen molar-refractivity contribution in [1.82, 2.24) is 4.98 Å². The number of amides is 1. The minimum absolute atomic E-state index is 0.102. The van der Waals surface area contributed by atoms with Gasteiger partial charge in [-0.05, 0) is 18.2 Å². The van der Waals surface area contributed by atoms with Crippen LogP contribution in [0.1, 0.15) is 0 Å². The number of benzene rings is 2. The van der Waals surface area contributed by atoms with Crippen molar-refractivity contribution in [3.8, 4) is 5.75 Å². The van der Waals surface area contributed by atoms with Gasteiger partial charge in [-0.2, -0.15) is 0 Å². The number of aromatic nitrogens is 1. The molecule has 0 saturated carbocycles. The third-order valence-electron chi connectivity index (χ3n) is 3.59. The summed E-state index contributed by atoms with van der Waals surface area (Å²) in [5, 5.41) is 15.3. The summed E-state index contributed by atoms with van der Waals surface area (Å²) in [6.07, 6.45) is 0. The Bertz CT molecular complexity index is 978. The summed E-state index contributed by atoms with van der Waals surface area (Å²) in [6.45, 7) is 0. The largest absolute Gasteiger partial charge is 0.494 e. The summed E-state index contributed by atoms with van der Waals surface area (Å²) in [5.74, 6) is 0.143. The molecule has 0 atom stereocenters. The van der Waals surface area contributed by atoms with Gasteiger partial charge in [-0.25, -0.2) is 4.98 Å². The number of nitrogens with zero attached hydrogens (tertiary/aromatic N) is 2. The van der Waals surface area contributed by atoms with Crippen LogP contribution in [0.5, 0.6) is 5.75 Å². The van der Waals surface area contributed by atoms with E-state index in [9.17, 15) is 14.9 Å². The Kier molecular flexibility index (Phi) is 5.33. The fourth-order valence-corrected chi connectivity index (χ4v) is 3.03. The summed E-state index contributed by atoms with van der Waals surface area (Å²) in [7, 11) is 1.39. The zero-order valence-corrected chi connectivity index (χ0v) is 14.7. The van der Waals surface area contributed by atoms with Crippen LogP contribution >= 0.6 is 11.8 Å². The molecule has 26 heavy (non-hydrogen) atoms. The van der Waals surface area contributed by atoms with E-state index in [1.807, 2.05) is 36.4 Å². The lowest BCUT2D eigenvalue weighted by molar-refractivity contribution is -0.384. The topological polar surface area (TPSA) is 94.4 Å². The Hall–Kier alpha value is -3.13. The first-order valence-corrected chi connectivity index (χ1v) is 8.66. The molecular formula is C18H15N3O4S. The van der Waals surface area contributed by atoms with Crippen molar-refractivity contribution in [3.05, 3.63) is 64.7 Å². The second-order valence-corrected chi connectivity index (χ2v) is 6.32. The van der Waals surface area contributed by atoms with E-state index in [1.165, 1.54) is 37.1 Å². The summed E-state index contributed by atoms with van der Waals surface area (Å²) in [5.41, 5.74) is 1.15. The van der Waals surface area contributed by atoms with Crippen LogP contribution in [0.2, 0.25) is 0 Å². The number of anilines is 1. The van der Waals surface area contributed by atoms with Crippen LogP contribution in [0.25, 0.3) is 10.9 Å². The summed E-state index contributed by atoms with van der Waals surface area (Å²) in [4.78, 5) is 27.0. The third kappa shape index (κ3) is 4.09. The van der Waals surface area contributed by atoms with Crippen LogP contribution in [-0.2, 0) is 4.79 Å². The lowest BCUT2D eigenvalue weighted by Gasteiger charge is -2.10. The number of para-hydroxylation sites is 1. The first-order chi connectivity index (χ1) is 12.6. The summed E-state index contributed by atoms with van der Waals surface area (Å²) < 4.78 is 5.11. The maximum absolute atomic E-state index is 12.2. The second kappa shape index (κ2) is 7.83. The van der Waals surface area contributed by atoms with Gasteiger partial charge in [-0.1, -0.05) is 36.0 Å². The SMILES string of the molecule is COc1cc([N+](=O)[O-])ccc1NC(=O)CSc1ccc2ccccc2n1. The number of thioether (sulfide) groups is 1. The van der Waals surface area contributed by atoms with Crippen LogP contribution < -0.4 is 10.1 Å². The summed E-state index contributed by atoms with van der Waals surface area (Å²) >= 11 is 1.31. The van der Waals surface area contributed by atoms with Gasteiger partial charge < -0.3 is 10.1 Å². The standard InChI is InChI=1S/C18H15N3O4S/c1-25-16-10-13(21(23)24)7-8-15(16)19-17(22)11-26-18-9-6-12-4-2-3-5-14(12)20-18/h2-10H,11H2,1H3,(H,19,22). The molecular weight excluding hydrogens is 354 g/mol. The van der Waals surface area contributed by atoms with Gasteiger partial charge in [0.15, 0.2) is 0 Å². The average Bonchev–Trinajstić information content (AvgIpc) is 2.66. The molecule has 132 valence electrons. The Morgan fingerprint density at radius 1 is 1.23 bits per heavy atom. The minimum atomic E-state index is -0.518. The van der Waals surface area contributed by atoms with Crippen LogP contribution in [0.4, 0.5) is 11.4 Å². The van der Waals surface area contributed by atoms with Gasteiger partial charge in [0.25, 0.3) is 5.69 Å². The molecule has 1 heterocycles. The Labute approximate surface area is 153 Å². The molecule has 1 aromatic heterocycles. The monoisotopic (exact) mass is 369 g/mol. The van der Waals surface area contributed by atoms with Crippen LogP contribution in [0.15, 0.2) is 59.6 Å². The predicted molar refractivity (Wildman–Crippen MR) is 101 cm³/mol. The molecule has 3 aromatic rings. The first kappa shape index (κ1) is 17.7. The van der Waals surface area contributed by atoms with E-state index >= 15 is 0 Å². The van der Waals surface area contributed by atoms with Gasteiger partial charge in [0.1, 0.15) is 5.75 Å². The molecule has 7 nitrogen and oxygen atoms in total. The van der Waals surface area contributed by atoms with E-state index in [0.717, 1.165) is 15.9 Å². The highest BCUT2D eigenvalue weighted by Gasteiger charge is 2.13. The molecule has 0 bridgehead atoms. The second-order valence-electron chi connectivity index (χ2n) is 5.32. The van der Waals surface area contributed by atoms with Gasteiger partial charge in [0.2, 0.25) is 5.91 Å². The van der Waals surface area contributed by atoms with Crippen molar-refractivity contribution >= 4 is 39.9 Å². The number of fused-ring (bicyclic) bond motifs is 1. The minimum Gasteiger partial charge on any atom is -0.494 e. The fourth-order valence-electron chi connectivity index (χ4n) is 2.35. The molecule has 0 radical (unpaired) electrons. The van der Waals surface area contributed by atoms with Gasteiger partial charge in [0, 0.05) is 11.5 Å². The number of rotatable bonds is 6. The number of non-ortho nitro benzene ring substituents is 1. The number of methoxy groups -OCH3 is 1. The summed E-state index contributed by atoms with van der Waals surface area (Å²) in [6, 6.07) is 15.6. The molecule has 0 aliphatic carbocycles. The maximum Gasteiger partial charge on any atom is 0.273 e. The van der Waals surface area contributed by atoms with Crippen molar-refractivity contribution in [3.63, 3.8) is 0 Å². The number of nitrogens with one attached hydrogen (secondary N) is 1. The Morgan fingerprint density at radius 2 is 2.04 bits per heavy atom. The number of carbonyl (C=O) groups excluding carboxylic acids is 1. The Morgan fingerprint density at radius 3 is 2.81 bits per heavy atom. The molecule has 0 fully saturated rings. The fraction of sp³-hybridized carbons (Fsp3) is 0.111. The van der Waals surface area contributed by atoms with Crippen molar-refractivity contribution < 1.29 is 14.5 Å². The average molecular weight is 369 g/mol. The highest BCUT2D eigenvalue weighted by Crippen LogP contribution is 2.29. The molecule has 3 rings (SSSR count). The van der Waals surface area contributed by atoms with Crippen LogP contribution in [0, 0.1) is 10.1 Å². The number of pyridine rings is 1. The predicted octanol–water partition coefficient (Wildman–Crippen LogP) is 3.88. The lowest BCUT2D eigenvalue weighted by Crippen LogP contribution is -2.14. The first-order valence-electron chi connectivity index (χ1n) is 7.67. The normalized spacial score (nSPS) is 10.5. The van der Waals surface area contributed by atoms with Crippen molar-refractivity contribution in [2.24, 2.45) is 0 Å². The van der Waals surface area contributed by atoms with E-state index in [-0.39, 0.29) is 23.1 Å². The Balaban J connectivity index is 1.65. The van der Waals surface area contributed by atoms with Crippen LogP contribution in [0.3, 0.4) is 0 Å². The maximum atomic E-state index is 12.2. The number of ether oxygens (including phenoxy) is 1. The molecule has 0 saturated heterocycles. The molecule has 0 spiro atoms. The number of nitro groups is 1. The van der Waals surface area contributed by atoms with E-state index in [0.29, 0.717) is 5.69 Å². The molecule has 0 aliphatic rings. The number of nitro benzene ring substituents is 1. The molecule has 1 amide bonds. The molecule has 1 N–H and O–H groups in total. The highest BCUT2D eigenvalue weighted by atomic mass is 32.2. The zero-order chi connectivity index (χ0) is 18.5. The molecule has 0 unspecified atom stereocenters. The third-order valence-corrected chi connectivity index (χ3v) is 4.52. The van der Waals surface area contributed by atoms with E-state index in [2.05, 4.69) is 10.3 Å². The smallest absolute Gasteiger partial charge is 0.273 e.